The summed E-state index contributed by atoms with van der Waals surface area (Å²) in [6, 6.07) is 8.64. The molecule has 2 nitrogen and oxygen atoms in total. The number of nitrogens with one attached hydrogen (secondary N) is 1. The van der Waals surface area contributed by atoms with Crippen LogP contribution in [0, 0.1) is 0 Å². The van der Waals surface area contributed by atoms with E-state index in [4.69, 9.17) is 4.74 Å². The lowest BCUT2D eigenvalue weighted by molar-refractivity contribution is 0.311. The van der Waals surface area contributed by atoms with Gasteiger partial charge < -0.3 is 10.1 Å². The smallest absolute Gasteiger partial charge is 0.119 e. The average Bonchev–Trinajstić information content (AvgIpc) is 2.41. The van der Waals surface area contributed by atoms with Gasteiger partial charge in [0.15, 0.2) is 0 Å². The lowest BCUT2D eigenvalue weighted by Gasteiger charge is -2.36. The summed E-state index contributed by atoms with van der Waals surface area (Å²) in [7, 11) is 0. The van der Waals surface area contributed by atoms with E-state index in [0.717, 1.165) is 31.7 Å². The van der Waals surface area contributed by atoms with Crippen LogP contribution in [0.15, 0.2) is 24.3 Å². The van der Waals surface area contributed by atoms with Crippen molar-refractivity contribution in [3.05, 3.63) is 29.8 Å². The Morgan fingerprint density at radius 2 is 1.50 bits per heavy atom. The molecule has 0 saturated heterocycles. The molecule has 114 valence electrons. The topological polar surface area (TPSA) is 21.3 Å². The number of benzene rings is 1. The Hall–Kier alpha value is -1.02. The van der Waals surface area contributed by atoms with Crippen molar-refractivity contribution >= 4 is 0 Å². The molecule has 0 aliphatic rings. The van der Waals surface area contributed by atoms with Crippen molar-refractivity contribution in [2.45, 2.75) is 65.3 Å². The van der Waals surface area contributed by atoms with Crippen LogP contribution in [0.4, 0.5) is 0 Å². The summed E-state index contributed by atoms with van der Waals surface area (Å²) in [5.41, 5.74) is 1.77. The quantitative estimate of drug-likeness (QED) is 0.790. The van der Waals surface area contributed by atoms with E-state index in [0.29, 0.717) is 0 Å². The third-order valence-corrected chi connectivity index (χ3v) is 4.09. The second-order valence-electron chi connectivity index (χ2n) is 6.55. The standard InChI is InChI=1S/C18H31NO/c1-7-18(8-2,14-19-17(4,5)6)15-10-12-16(13-11-15)20-9-3/h10-13,19H,7-9,14H2,1-6H3. The molecule has 1 aromatic carbocycles. The summed E-state index contributed by atoms with van der Waals surface area (Å²) in [6.45, 7) is 15.0. The minimum atomic E-state index is 0.154. The lowest BCUT2D eigenvalue weighted by atomic mass is 9.75. The molecule has 0 radical (unpaired) electrons. The summed E-state index contributed by atoms with van der Waals surface area (Å²) in [5.74, 6) is 0.959. The monoisotopic (exact) mass is 277 g/mol. The first-order chi connectivity index (χ1) is 9.37. The molecule has 0 spiro atoms. The van der Waals surface area contributed by atoms with Gasteiger partial charge in [-0.25, -0.2) is 0 Å². The average molecular weight is 277 g/mol. The number of hydrogen-bond acceptors (Lipinski definition) is 2. The van der Waals surface area contributed by atoms with E-state index in [1.54, 1.807) is 0 Å². The molecule has 1 rings (SSSR count). The number of ether oxygens (including phenoxy) is 1. The highest BCUT2D eigenvalue weighted by atomic mass is 16.5. The van der Waals surface area contributed by atoms with Gasteiger partial charge in [0.05, 0.1) is 6.61 Å². The Balaban J connectivity index is 2.93. The van der Waals surface area contributed by atoms with Gasteiger partial charge in [0.1, 0.15) is 5.75 Å². The maximum atomic E-state index is 5.54. The van der Waals surface area contributed by atoms with Crippen LogP contribution in [0.3, 0.4) is 0 Å². The Bertz CT molecular complexity index is 385. The maximum Gasteiger partial charge on any atom is 0.119 e. The van der Waals surface area contributed by atoms with Crippen LogP contribution in [-0.4, -0.2) is 18.7 Å². The van der Waals surface area contributed by atoms with Crippen LogP contribution in [0.25, 0.3) is 0 Å². The fourth-order valence-corrected chi connectivity index (χ4v) is 2.52. The van der Waals surface area contributed by atoms with Crippen molar-refractivity contribution < 1.29 is 4.74 Å². The predicted molar refractivity (Wildman–Crippen MR) is 87.6 cm³/mol. The van der Waals surface area contributed by atoms with E-state index >= 15 is 0 Å². The van der Waals surface area contributed by atoms with Crippen molar-refractivity contribution in [3.8, 4) is 5.75 Å². The van der Waals surface area contributed by atoms with E-state index in [-0.39, 0.29) is 11.0 Å². The molecular formula is C18H31NO. The first-order valence-corrected chi connectivity index (χ1v) is 7.85. The van der Waals surface area contributed by atoms with E-state index in [9.17, 15) is 0 Å². The second-order valence-corrected chi connectivity index (χ2v) is 6.55. The Labute approximate surface area is 124 Å². The third-order valence-electron chi connectivity index (χ3n) is 4.09. The van der Waals surface area contributed by atoms with E-state index in [2.05, 4.69) is 64.2 Å². The molecule has 0 heterocycles. The zero-order valence-corrected chi connectivity index (χ0v) is 14.0. The fraction of sp³-hybridized carbons (Fsp3) is 0.667. The van der Waals surface area contributed by atoms with Gasteiger partial charge in [0.25, 0.3) is 0 Å². The summed E-state index contributed by atoms with van der Waals surface area (Å²) in [5, 5.41) is 3.67. The largest absolute Gasteiger partial charge is 0.494 e. The number of hydrogen-bond donors (Lipinski definition) is 1. The van der Waals surface area contributed by atoms with Crippen molar-refractivity contribution in [3.63, 3.8) is 0 Å². The Morgan fingerprint density at radius 1 is 0.950 bits per heavy atom. The first kappa shape index (κ1) is 17.0. The molecule has 1 aromatic rings. The van der Waals surface area contributed by atoms with Crippen molar-refractivity contribution in [1.82, 2.24) is 5.32 Å². The Morgan fingerprint density at radius 3 is 1.90 bits per heavy atom. The van der Waals surface area contributed by atoms with Gasteiger partial charge in [-0.1, -0.05) is 26.0 Å². The van der Waals surface area contributed by atoms with E-state index in [1.807, 2.05) is 6.92 Å². The zero-order valence-electron chi connectivity index (χ0n) is 14.0. The molecule has 0 saturated carbocycles. The Kier molecular flexibility index (Phi) is 6.07. The van der Waals surface area contributed by atoms with Gasteiger partial charge in [-0.15, -0.1) is 0 Å². The van der Waals surface area contributed by atoms with E-state index < -0.39 is 0 Å². The van der Waals surface area contributed by atoms with Crippen LogP contribution < -0.4 is 10.1 Å². The summed E-state index contributed by atoms with van der Waals surface area (Å²) < 4.78 is 5.54. The molecule has 0 amide bonds. The molecule has 2 heteroatoms. The minimum Gasteiger partial charge on any atom is -0.494 e. The molecule has 1 N–H and O–H groups in total. The molecule has 0 atom stereocenters. The summed E-state index contributed by atoms with van der Waals surface area (Å²) in [6.07, 6.45) is 2.28. The molecule has 0 bridgehead atoms. The highest BCUT2D eigenvalue weighted by Crippen LogP contribution is 2.32. The SMILES string of the molecule is CCOc1ccc(C(CC)(CC)CNC(C)(C)C)cc1. The van der Waals surface area contributed by atoms with Gasteiger partial charge in [-0.2, -0.15) is 0 Å². The maximum absolute atomic E-state index is 5.54. The van der Waals surface area contributed by atoms with Gasteiger partial charge in [-0.05, 0) is 58.2 Å². The van der Waals surface area contributed by atoms with Gasteiger partial charge in [-0.3, -0.25) is 0 Å². The number of rotatable bonds is 7. The highest BCUT2D eigenvalue weighted by molar-refractivity contribution is 5.33. The van der Waals surface area contributed by atoms with Gasteiger partial charge in [0.2, 0.25) is 0 Å². The second kappa shape index (κ2) is 7.12. The van der Waals surface area contributed by atoms with Crippen LogP contribution in [0.2, 0.25) is 0 Å². The molecule has 0 aliphatic carbocycles. The van der Waals surface area contributed by atoms with Crippen molar-refractivity contribution in [1.29, 1.82) is 0 Å². The van der Waals surface area contributed by atoms with Crippen molar-refractivity contribution in [2.75, 3.05) is 13.2 Å². The van der Waals surface area contributed by atoms with Crippen LogP contribution in [0.1, 0.15) is 59.9 Å². The molecule has 0 unspecified atom stereocenters. The first-order valence-electron chi connectivity index (χ1n) is 7.85. The molecular weight excluding hydrogens is 246 g/mol. The van der Waals surface area contributed by atoms with E-state index in [1.165, 1.54) is 5.56 Å². The lowest BCUT2D eigenvalue weighted by Crippen LogP contribution is -2.45. The van der Waals surface area contributed by atoms with Crippen LogP contribution >= 0.6 is 0 Å². The highest BCUT2D eigenvalue weighted by Gasteiger charge is 2.29. The van der Waals surface area contributed by atoms with Crippen LogP contribution in [0.5, 0.6) is 5.75 Å². The van der Waals surface area contributed by atoms with Gasteiger partial charge >= 0.3 is 0 Å². The van der Waals surface area contributed by atoms with Gasteiger partial charge in [0, 0.05) is 17.5 Å². The normalized spacial score (nSPS) is 12.5. The zero-order chi connectivity index (χ0) is 15.2. The predicted octanol–water partition coefficient (Wildman–Crippen LogP) is 4.53. The minimum absolute atomic E-state index is 0.154. The summed E-state index contributed by atoms with van der Waals surface area (Å²) >= 11 is 0. The van der Waals surface area contributed by atoms with Crippen molar-refractivity contribution in [2.24, 2.45) is 0 Å². The molecule has 0 fully saturated rings. The van der Waals surface area contributed by atoms with Crippen LogP contribution in [-0.2, 0) is 5.41 Å². The summed E-state index contributed by atoms with van der Waals surface area (Å²) in [4.78, 5) is 0. The fourth-order valence-electron chi connectivity index (χ4n) is 2.52. The third kappa shape index (κ3) is 4.52. The molecule has 0 aliphatic heterocycles. The molecule has 20 heavy (non-hydrogen) atoms. The molecule has 0 aromatic heterocycles.